The minimum atomic E-state index is -0.570. The summed E-state index contributed by atoms with van der Waals surface area (Å²) in [6.07, 6.45) is -0.459. The van der Waals surface area contributed by atoms with Crippen molar-refractivity contribution in [3.63, 3.8) is 0 Å². The molecule has 1 heterocycles. The molecule has 2 aromatic rings. The lowest BCUT2D eigenvalue weighted by atomic mass is 10.2. The van der Waals surface area contributed by atoms with Crippen molar-refractivity contribution in [2.24, 2.45) is 0 Å². The molecule has 0 bridgehead atoms. The molecule has 1 N–H and O–H groups in total. The Bertz CT molecular complexity index is 717. The summed E-state index contributed by atoms with van der Waals surface area (Å²) in [6.45, 7) is 5.59. The number of carbonyl (C=O) groups is 1. The van der Waals surface area contributed by atoms with E-state index in [1.165, 1.54) is 17.0 Å². The first-order valence-corrected chi connectivity index (χ1v) is 6.73. The van der Waals surface area contributed by atoms with Gasteiger partial charge in [0.15, 0.2) is 0 Å². The summed E-state index contributed by atoms with van der Waals surface area (Å²) < 4.78 is 5.25. The van der Waals surface area contributed by atoms with Crippen molar-refractivity contribution in [2.45, 2.75) is 32.9 Å². The SMILES string of the molecule is CN(Cc1nc2ccc([N+](=O)[O-])cc2[nH]1)C(=O)OC(C)(C)C. The molecule has 0 aliphatic rings. The summed E-state index contributed by atoms with van der Waals surface area (Å²) in [7, 11) is 1.60. The normalized spacial score (nSPS) is 11.5. The third-order valence-corrected chi connectivity index (χ3v) is 2.82. The van der Waals surface area contributed by atoms with Crippen LogP contribution in [0, 0.1) is 10.1 Å². The molecule has 0 aliphatic heterocycles. The van der Waals surface area contributed by atoms with Crippen LogP contribution in [-0.4, -0.2) is 38.5 Å². The number of nitrogens with zero attached hydrogens (tertiary/aromatic N) is 3. The number of H-pyrrole nitrogens is 1. The Morgan fingerprint density at radius 2 is 2.14 bits per heavy atom. The molecule has 0 saturated heterocycles. The number of carbonyl (C=O) groups excluding carboxylic acids is 1. The Kier molecular flexibility index (Phi) is 4.03. The predicted molar refractivity (Wildman–Crippen MR) is 80.4 cm³/mol. The van der Waals surface area contributed by atoms with Gasteiger partial charge in [0.25, 0.3) is 5.69 Å². The van der Waals surface area contributed by atoms with E-state index in [1.807, 2.05) is 0 Å². The number of nitrogens with one attached hydrogen (secondary N) is 1. The molecule has 1 aromatic heterocycles. The van der Waals surface area contributed by atoms with E-state index in [1.54, 1.807) is 33.9 Å². The predicted octanol–water partition coefficient (Wildman–Crippen LogP) is 2.84. The molecule has 0 unspecified atom stereocenters. The van der Waals surface area contributed by atoms with E-state index in [9.17, 15) is 14.9 Å². The molecule has 0 atom stereocenters. The Morgan fingerprint density at radius 1 is 1.45 bits per heavy atom. The van der Waals surface area contributed by atoms with Gasteiger partial charge in [-0.1, -0.05) is 0 Å². The zero-order chi connectivity index (χ0) is 16.5. The third-order valence-electron chi connectivity index (χ3n) is 2.82. The number of ether oxygens (including phenoxy) is 1. The van der Waals surface area contributed by atoms with E-state index in [0.29, 0.717) is 16.9 Å². The van der Waals surface area contributed by atoms with Gasteiger partial charge in [-0.3, -0.25) is 10.1 Å². The lowest BCUT2D eigenvalue weighted by Gasteiger charge is -2.24. The van der Waals surface area contributed by atoms with Crippen LogP contribution in [0.4, 0.5) is 10.5 Å². The maximum absolute atomic E-state index is 11.9. The average molecular weight is 306 g/mol. The quantitative estimate of drug-likeness (QED) is 0.694. The highest BCUT2D eigenvalue weighted by atomic mass is 16.6. The van der Waals surface area contributed by atoms with Crippen molar-refractivity contribution in [3.8, 4) is 0 Å². The number of nitro benzene ring substituents is 1. The summed E-state index contributed by atoms with van der Waals surface area (Å²) >= 11 is 0. The number of hydrogen-bond donors (Lipinski definition) is 1. The van der Waals surface area contributed by atoms with Crippen molar-refractivity contribution in [1.82, 2.24) is 14.9 Å². The zero-order valence-electron chi connectivity index (χ0n) is 12.9. The monoisotopic (exact) mass is 306 g/mol. The summed E-state index contributed by atoms with van der Waals surface area (Å²) in [5.41, 5.74) is 0.586. The summed E-state index contributed by atoms with van der Waals surface area (Å²) in [5.74, 6) is 0.531. The van der Waals surface area contributed by atoms with E-state index >= 15 is 0 Å². The van der Waals surface area contributed by atoms with E-state index in [0.717, 1.165) is 0 Å². The molecule has 0 spiro atoms. The fourth-order valence-corrected chi connectivity index (χ4v) is 1.87. The van der Waals surface area contributed by atoms with E-state index in [-0.39, 0.29) is 12.2 Å². The van der Waals surface area contributed by atoms with Crippen molar-refractivity contribution in [2.75, 3.05) is 7.05 Å². The minimum Gasteiger partial charge on any atom is -0.444 e. The first-order valence-electron chi connectivity index (χ1n) is 6.73. The molecule has 0 fully saturated rings. The summed E-state index contributed by atoms with van der Waals surface area (Å²) in [6, 6.07) is 4.38. The van der Waals surface area contributed by atoms with Crippen LogP contribution in [-0.2, 0) is 11.3 Å². The van der Waals surface area contributed by atoms with Crippen molar-refractivity contribution in [1.29, 1.82) is 0 Å². The van der Waals surface area contributed by atoms with Gasteiger partial charge >= 0.3 is 6.09 Å². The number of fused-ring (bicyclic) bond motifs is 1. The molecule has 1 amide bonds. The Hall–Kier alpha value is -2.64. The Morgan fingerprint density at radius 3 is 2.73 bits per heavy atom. The van der Waals surface area contributed by atoms with Crippen molar-refractivity contribution < 1.29 is 14.5 Å². The lowest BCUT2D eigenvalue weighted by molar-refractivity contribution is -0.384. The molecular formula is C14H18N4O4. The fraction of sp³-hybridized carbons (Fsp3) is 0.429. The van der Waals surface area contributed by atoms with E-state index < -0.39 is 16.6 Å². The van der Waals surface area contributed by atoms with Crippen LogP contribution in [0.1, 0.15) is 26.6 Å². The molecule has 8 heteroatoms. The van der Waals surface area contributed by atoms with Gasteiger partial charge in [-0.05, 0) is 26.8 Å². The second-order valence-electron chi connectivity index (χ2n) is 5.98. The van der Waals surface area contributed by atoms with Gasteiger partial charge in [-0.2, -0.15) is 0 Å². The van der Waals surface area contributed by atoms with Gasteiger partial charge in [0.2, 0.25) is 0 Å². The Balaban J connectivity index is 2.14. The molecule has 0 aliphatic carbocycles. The van der Waals surface area contributed by atoms with Gasteiger partial charge in [0.05, 0.1) is 22.5 Å². The number of hydrogen-bond acceptors (Lipinski definition) is 5. The smallest absolute Gasteiger partial charge is 0.410 e. The molecule has 0 saturated carbocycles. The van der Waals surface area contributed by atoms with Crippen molar-refractivity contribution >= 4 is 22.8 Å². The standard InChI is InChI=1S/C14H18N4O4/c1-14(2,3)22-13(19)17(4)8-12-15-10-6-5-9(18(20)21)7-11(10)16-12/h5-7H,8H2,1-4H3,(H,15,16). The number of imidazole rings is 1. The zero-order valence-corrected chi connectivity index (χ0v) is 12.9. The van der Waals surface area contributed by atoms with Crippen LogP contribution in [0.15, 0.2) is 18.2 Å². The molecule has 118 valence electrons. The van der Waals surface area contributed by atoms with Gasteiger partial charge in [-0.15, -0.1) is 0 Å². The third kappa shape index (κ3) is 3.72. The van der Waals surface area contributed by atoms with Crippen LogP contribution in [0.25, 0.3) is 11.0 Å². The van der Waals surface area contributed by atoms with E-state index in [2.05, 4.69) is 9.97 Å². The highest BCUT2D eigenvalue weighted by molar-refractivity contribution is 5.78. The second-order valence-corrected chi connectivity index (χ2v) is 5.98. The number of benzene rings is 1. The van der Waals surface area contributed by atoms with Gasteiger partial charge < -0.3 is 14.6 Å². The number of aromatic amines is 1. The molecule has 1 aromatic carbocycles. The summed E-state index contributed by atoms with van der Waals surface area (Å²) in [4.78, 5) is 30.8. The number of non-ortho nitro benzene ring substituents is 1. The molecule has 2 rings (SSSR count). The first kappa shape index (κ1) is 15.7. The van der Waals surface area contributed by atoms with Gasteiger partial charge in [0, 0.05) is 19.2 Å². The highest BCUT2D eigenvalue weighted by Crippen LogP contribution is 2.19. The minimum absolute atomic E-state index is 0.0109. The summed E-state index contributed by atoms with van der Waals surface area (Å²) in [5, 5.41) is 10.8. The number of amides is 1. The fourth-order valence-electron chi connectivity index (χ4n) is 1.87. The Labute approximate surface area is 127 Å². The van der Waals surface area contributed by atoms with Crippen LogP contribution in [0.5, 0.6) is 0 Å². The molecule has 0 radical (unpaired) electrons. The van der Waals surface area contributed by atoms with Crippen LogP contribution >= 0.6 is 0 Å². The molecular weight excluding hydrogens is 288 g/mol. The van der Waals surface area contributed by atoms with Gasteiger partial charge in [-0.25, -0.2) is 9.78 Å². The average Bonchev–Trinajstić information content (AvgIpc) is 2.77. The topological polar surface area (TPSA) is 101 Å². The molecule has 8 nitrogen and oxygen atoms in total. The maximum atomic E-state index is 11.9. The number of nitro groups is 1. The maximum Gasteiger partial charge on any atom is 0.410 e. The van der Waals surface area contributed by atoms with Crippen LogP contribution < -0.4 is 0 Å². The van der Waals surface area contributed by atoms with Crippen LogP contribution in [0.3, 0.4) is 0 Å². The number of rotatable bonds is 3. The lowest BCUT2D eigenvalue weighted by Crippen LogP contribution is -2.34. The highest BCUT2D eigenvalue weighted by Gasteiger charge is 2.20. The van der Waals surface area contributed by atoms with Crippen molar-refractivity contribution in [3.05, 3.63) is 34.1 Å². The van der Waals surface area contributed by atoms with Crippen LogP contribution in [0.2, 0.25) is 0 Å². The van der Waals surface area contributed by atoms with Gasteiger partial charge in [0.1, 0.15) is 11.4 Å². The number of aromatic nitrogens is 2. The largest absolute Gasteiger partial charge is 0.444 e. The molecule has 22 heavy (non-hydrogen) atoms. The first-order chi connectivity index (χ1) is 10.2. The van der Waals surface area contributed by atoms with E-state index in [4.69, 9.17) is 4.74 Å². The second kappa shape index (κ2) is 5.63.